The maximum absolute atomic E-state index is 12.1. The summed E-state index contributed by atoms with van der Waals surface area (Å²) in [5.74, 6) is 0.0611. The molecule has 0 unspecified atom stereocenters. The predicted octanol–water partition coefficient (Wildman–Crippen LogP) is 4.90. The summed E-state index contributed by atoms with van der Waals surface area (Å²) in [6, 6.07) is 24.1. The molecule has 0 heterocycles. The third kappa shape index (κ3) is 4.21. The summed E-state index contributed by atoms with van der Waals surface area (Å²) in [7, 11) is 0. The second kappa shape index (κ2) is 8.19. The summed E-state index contributed by atoms with van der Waals surface area (Å²) >= 11 is 6.27. The molecule has 26 heavy (non-hydrogen) atoms. The minimum atomic E-state index is -0.365. The van der Waals surface area contributed by atoms with Gasteiger partial charge in [-0.2, -0.15) is 5.26 Å². The summed E-state index contributed by atoms with van der Waals surface area (Å²) in [6.07, 6.45) is 0. The largest absolute Gasteiger partial charge is 0.482 e. The Balaban J connectivity index is 1.64. The molecule has 0 fully saturated rings. The Morgan fingerprint density at radius 2 is 1.73 bits per heavy atom. The molecule has 0 saturated heterocycles. The zero-order chi connectivity index (χ0) is 18.4. The molecule has 0 aliphatic heterocycles. The van der Waals surface area contributed by atoms with Gasteiger partial charge in [0.05, 0.1) is 16.3 Å². The van der Waals surface area contributed by atoms with Crippen molar-refractivity contribution in [1.82, 2.24) is 0 Å². The fraction of sp³-hybridized carbons (Fsp3) is 0.0476. The van der Waals surface area contributed by atoms with E-state index in [0.717, 1.165) is 11.1 Å². The fourth-order valence-electron chi connectivity index (χ4n) is 2.45. The summed E-state index contributed by atoms with van der Waals surface area (Å²) in [5, 5.41) is 12.1. The van der Waals surface area contributed by atoms with Crippen molar-refractivity contribution in [1.29, 1.82) is 5.26 Å². The van der Waals surface area contributed by atoms with Crippen LogP contribution in [0.3, 0.4) is 0 Å². The second-order valence-corrected chi connectivity index (χ2v) is 5.91. The molecule has 3 aromatic carbocycles. The number of nitrogens with one attached hydrogen (secondary N) is 1. The quantitative estimate of drug-likeness (QED) is 0.702. The lowest BCUT2D eigenvalue weighted by molar-refractivity contribution is -0.118. The number of amides is 1. The van der Waals surface area contributed by atoms with Crippen molar-refractivity contribution in [2.75, 3.05) is 11.9 Å². The van der Waals surface area contributed by atoms with Crippen LogP contribution < -0.4 is 10.1 Å². The molecule has 5 heteroatoms. The minimum absolute atomic E-state index is 0.204. The first-order valence-corrected chi connectivity index (χ1v) is 8.32. The Hall–Kier alpha value is -3.29. The first-order chi connectivity index (χ1) is 12.7. The van der Waals surface area contributed by atoms with E-state index in [9.17, 15) is 4.79 Å². The molecule has 0 aliphatic rings. The Kier molecular flexibility index (Phi) is 5.52. The average molecular weight is 363 g/mol. The number of benzene rings is 3. The lowest BCUT2D eigenvalue weighted by Crippen LogP contribution is -2.20. The van der Waals surface area contributed by atoms with Crippen molar-refractivity contribution in [2.45, 2.75) is 0 Å². The Morgan fingerprint density at radius 3 is 2.46 bits per heavy atom. The number of carbonyl (C=O) groups excluding carboxylic acids is 1. The van der Waals surface area contributed by atoms with Gasteiger partial charge in [0.25, 0.3) is 5.91 Å². The number of ether oxygens (including phenoxy) is 1. The van der Waals surface area contributed by atoms with Crippen molar-refractivity contribution in [3.05, 3.63) is 83.4 Å². The zero-order valence-electron chi connectivity index (χ0n) is 13.8. The monoisotopic (exact) mass is 362 g/mol. The number of nitriles is 1. The lowest BCUT2D eigenvalue weighted by atomic mass is 10.1. The second-order valence-electron chi connectivity index (χ2n) is 5.51. The molecule has 128 valence electrons. The molecule has 0 aliphatic carbocycles. The average Bonchev–Trinajstić information content (AvgIpc) is 2.68. The molecule has 4 nitrogen and oxygen atoms in total. The van der Waals surface area contributed by atoms with Gasteiger partial charge < -0.3 is 10.1 Å². The van der Waals surface area contributed by atoms with Crippen LogP contribution in [0.2, 0.25) is 5.02 Å². The van der Waals surface area contributed by atoms with E-state index in [4.69, 9.17) is 21.6 Å². The van der Waals surface area contributed by atoms with Gasteiger partial charge in [0.1, 0.15) is 11.8 Å². The highest BCUT2D eigenvalue weighted by Gasteiger charge is 2.09. The molecule has 0 atom stereocenters. The predicted molar refractivity (Wildman–Crippen MR) is 102 cm³/mol. The van der Waals surface area contributed by atoms with Crippen molar-refractivity contribution < 1.29 is 9.53 Å². The highest BCUT2D eigenvalue weighted by molar-refractivity contribution is 6.32. The summed E-state index contributed by atoms with van der Waals surface area (Å²) in [4.78, 5) is 12.1. The maximum Gasteiger partial charge on any atom is 0.262 e. The van der Waals surface area contributed by atoms with E-state index in [2.05, 4.69) is 5.32 Å². The summed E-state index contributed by atoms with van der Waals surface area (Å²) < 4.78 is 5.51. The molecule has 1 N–H and O–H groups in total. The lowest BCUT2D eigenvalue weighted by Gasteiger charge is -2.11. The number of halogens is 1. The SMILES string of the molecule is N#Cc1ccccc1NC(=O)COc1ccc(-c2ccccc2)cc1Cl. The Morgan fingerprint density at radius 1 is 1.00 bits per heavy atom. The third-order valence-corrected chi connectivity index (χ3v) is 4.01. The zero-order valence-corrected chi connectivity index (χ0v) is 14.5. The van der Waals surface area contributed by atoms with Gasteiger partial charge >= 0.3 is 0 Å². The summed E-state index contributed by atoms with van der Waals surface area (Å²) in [5.41, 5.74) is 2.86. The summed E-state index contributed by atoms with van der Waals surface area (Å²) in [6.45, 7) is -0.204. The van der Waals surface area contributed by atoms with Crippen LogP contribution >= 0.6 is 11.6 Å². The number of nitrogens with zero attached hydrogens (tertiary/aromatic N) is 1. The number of hydrogen-bond acceptors (Lipinski definition) is 3. The van der Waals surface area contributed by atoms with Crippen molar-refractivity contribution in [3.63, 3.8) is 0 Å². The highest BCUT2D eigenvalue weighted by Crippen LogP contribution is 2.30. The van der Waals surface area contributed by atoms with E-state index in [0.29, 0.717) is 22.0 Å². The van der Waals surface area contributed by atoms with Crippen LogP contribution in [0.1, 0.15) is 5.56 Å². The van der Waals surface area contributed by atoms with Crippen LogP contribution in [0.25, 0.3) is 11.1 Å². The third-order valence-electron chi connectivity index (χ3n) is 3.72. The van der Waals surface area contributed by atoms with Gasteiger partial charge in [-0.05, 0) is 35.4 Å². The van der Waals surface area contributed by atoms with E-state index in [1.807, 2.05) is 42.5 Å². The molecule has 0 radical (unpaired) electrons. The van der Waals surface area contributed by atoms with Gasteiger partial charge in [-0.1, -0.05) is 60.1 Å². The maximum atomic E-state index is 12.1. The smallest absolute Gasteiger partial charge is 0.262 e. The van der Waals surface area contributed by atoms with Crippen LogP contribution in [0.4, 0.5) is 5.69 Å². The molecule has 0 saturated carbocycles. The van der Waals surface area contributed by atoms with E-state index in [1.54, 1.807) is 36.4 Å². The fourth-order valence-corrected chi connectivity index (χ4v) is 2.68. The van der Waals surface area contributed by atoms with Gasteiger partial charge in [-0.25, -0.2) is 0 Å². The van der Waals surface area contributed by atoms with E-state index >= 15 is 0 Å². The van der Waals surface area contributed by atoms with E-state index in [-0.39, 0.29) is 12.5 Å². The number of hydrogen-bond donors (Lipinski definition) is 1. The molecular weight excluding hydrogens is 348 g/mol. The number of para-hydroxylation sites is 1. The topological polar surface area (TPSA) is 62.1 Å². The number of carbonyl (C=O) groups is 1. The van der Waals surface area contributed by atoms with E-state index in [1.165, 1.54) is 0 Å². The van der Waals surface area contributed by atoms with E-state index < -0.39 is 0 Å². The van der Waals surface area contributed by atoms with Gasteiger partial charge in [0, 0.05) is 0 Å². The Bertz CT molecular complexity index is 965. The van der Waals surface area contributed by atoms with Crippen molar-refractivity contribution in [3.8, 4) is 22.9 Å². The molecule has 1 amide bonds. The van der Waals surface area contributed by atoms with Crippen LogP contribution in [0, 0.1) is 11.3 Å². The van der Waals surface area contributed by atoms with Crippen molar-refractivity contribution >= 4 is 23.2 Å². The van der Waals surface area contributed by atoms with Gasteiger partial charge in [0.2, 0.25) is 0 Å². The van der Waals surface area contributed by atoms with Gasteiger partial charge in [-0.3, -0.25) is 4.79 Å². The normalized spacial score (nSPS) is 10.0. The molecule has 3 rings (SSSR count). The van der Waals surface area contributed by atoms with Gasteiger partial charge in [-0.15, -0.1) is 0 Å². The molecule has 0 bridgehead atoms. The van der Waals surface area contributed by atoms with Crippen LogP contribution in [-0.2, 0) is 4.79 Å². The minimum Gasteiger partial charge on any atom is -0.482 e. The molecule has 3 aromatic rings. The van der Waals surface area contributed by atoms with Gasteiger partial charge in [0.15, 0.2) is 6.61 Å². The van der Waals surface area contributed by atoms with Crippen LogP contribution in [0.5, 0.6) is 5.75 Å². The Labute approximate surface area is 156 Å². The first-order valence-electron chi connectivity index (χ1n) is 7.94. The van der Waals surface area contributed by atoms with Crippen LogP contribution in [0.15, 0.2) is 72.8 Å². The first kappa shape index (κ1) is 17.5. The standard InChI is InChI=1S/C21H15ClN2O2/c22-18-12-16(15-6-2-1-3-7-15)10-11-20(18)26-14-21(25)24-19-9-5-4-8-17(19)13-23/h1-12H,14H2,(H,24,25). The highest BCUT2D eigenvalue weighted by atomic mass is 35.5. The number of anilines is 1. The molecule has 0 spiro atoms. The number of rotatable bonds is 5. The van der Waals surface area contributed by atoms with Crippen molar-refractivity contribution in [2.24, 2.45) is 0 Å². The van der Waals surface area contributed by atoms with Crippen LogP contribution in [-0.4, -0.2) is 12.5 Å². The molecular formula is C21H15ClN2O2. The molecule has 0 aromatic heterocycles.